The van der Waals surface area contributed by atoms with Crippen LogP contribution in [0, 0.1) is 5.92 Å². The zero-order valence-corrected chi connectivity index (χ0v) is 7.60. The maximum atomic E-state index is 9.65. The van der Waals surface area contributed by atoms with Gasteiger partial charge >= 0.3 is 0 Å². The molecule has 0 aliphatic rings. The van der Waals surface area contributed by atoms with E-state index in [2.05, 4.69) is 5.32 Å². The number of rotatable bonds is 3. The summed E-state index contributed by atoms with van der Waals surface area (Å²) in [6, 6.07) is 0.331. The van der Waals surface area contributed by atoms with Gasteiger partial charge in [-0.15, -0.1) is 0 Å². The standard InChI is InChI=1S/C8H19NO/c1-6(2)8(5,10)9-7(3)4/h6-7,9-10H,1-5H3. The smallest absolute Gasteiger partial charge is 0.115 e. The average molecular weight is 145 g/mol. The summed E-state index contributed by atoms with van der Waals surface area (Å²) >= 11 is 0. The maximum Gasteiger partial charge on any atom is 0.115 e. The largest absolute Gasteiger partial charge is 0.376 e. The Labute approximate surface area is 63.6 Å². The van der Waals surface area contributed by atoms with Crippen molar-refractivity contribution >= 4 is 0 Å². The third kappa shape index (κ3) is 3.18. The molecule has 2 heteroatoms. The molecule has 0 bridgehead atoms. The van der Waals surface area contributed by atoms with Crippen molar-refractivity contribution in [2.75, 3.05) is 0 Å². The lowest BCUT2D eigenvalue weighted by molar-refractivity contribution is -0.0265. The highest BCUT2D eigenvalue weighted by atomic mass is 16.3. The van der Waals surface area contributed by atoms with Gasteiger partial charge in [-0.1, -0.05) is 13.8 Å². The molecule has 1 atom stereocenters. The van der Waals surface area contributed by atoms with Crippen molar-refractivity contribution in [3.05, 3.63) is 0 Å². The van der Waals surface area contributed by atoms with Crippen LogP contribution >= 0.6 is 0 Å². The minimum Gasteiger partial charge on any atom is -0.376 e. The molecule has 0 saturated heterocycles. The van der Waals surface area contributed by atoms with E-state index < -0.39 is 5.72 Å². The van der Waals surface area contributed by atoms with Crippen molar-refractivity contribution in [2.45, 2.75) is 46.4 Å². The zero-order valence-electron chi connectivity index (χ0n) is 7.60. The van der Waals surface area contributed by atoms with Gasteiger partial charge in [-0.05, 0) is 26.7 Å². The molecule has 1 unspecified atom stereocenters. The summed E-state index contributed by atoms with van der Waals surface area (Å²) in [6.45, 7) is 9.84. The van der Waals surface area contributed by atoms with Gasteiger partial charge in [0.05, 0.1) is 0 Å². The Hall–Kier alpha value is -0.0800. The second kappa shape index (κ2) is 3.35. The summed E-state index contributed by atoms with van der Waals surface area (Å²) in [5.41, 5.74) is -0.728. The third-order valence-corrected chi connectivity index (χ3v) is 1.71. The molecule has 0 aromatic carbocycles. The molecule has 0 rings (SSSR count). The average Bonchev–Trinajstić information content (AvgIpc) is 1.60. The predicted molar refractivity (Wildman–Crippen MR) is 43.7 cm³/mol. The van der Waals surface area contributed by atoms with Crippen LogP contribution in [-0.4, -0.2) is 16.9 Å². The normalized spacial score (nSPS) is 18.0. The lowest BCUT2D eigenvalue weighted by atomic mass is 10.0. The van der Waals surface area contributed by atoms with Gasteiger partial charge < -0.3 is 5.11 Å². The Kier molecular flexibility index (Phi) is 3.33. The van der Waals surface area contributed by atoms with Crippen LogP contribution in [0.4, 0.5) is 0 Å². The summed E-state index contributed by atoms with van der Waals surface area (Å²) in [7, 11) is 0. The molecule has 0 aromatic rings. The molecule has 0 aliphatic heterocycles. The van der Waals surface area contributed by atoms with Gasteiger partial charge in [-0.25, -0.2) is 0 Å². The Balaban J connectivity index is 3.87. The minimum absolute atomic E-state index is 0.245. The molecule has 0 aromatic heterocycles. The van der Waals surface area contributed by atoms with Gasteiger partial charge in [0.25, 0.3) is 0 Å². The number of hydrogen-bond donors (Lipinski definition) is 2. The van der Waals surface area contributed by atoms with Gasteiger partial charge in [-0.2, -0.15) is 0 Å². The Bertz CT molecular complexity index is 97.4. The van der Waals surface area contributed by atoms with E-state index in [0.29, 0.717) is 6.04 Å². The van der Waals surface area contributed by atoms with Crippen LogP contribution in [0.2, 0.25) is 0 Å². The van der Waals surface area contributed by atoms with Crippen LogP contribution < -0.4 is 5.32 Å². The van der Waals surface area contributed by atoms with Gasteiger partial charge in [0, 0.05) is 6.04 Å². The van der Waals surface area contributed by atoms with Crippen molar-refractivity contribution in [1.82, 2.24) is 5.32 Å². The molecule has 0 radical (unpaired) electrons. The molecule has 0 fully saturated rings. The van der Waals surface area contributed by atoms with Crippen LogP contribution in [0.25, 0.3) is 0 Å². The van der Waals surface area contributed by atoms with Gasteiger partial charge in [0.15, 0.2) is 0 Å². The first-order chi connectivity index (χ1) is 4.36. The fraction of sp³-hybridized carbons (Fsp3) is 1.00. The summed E-state index contributed by atoms with van der Waals surface area (Å²) < 4.78 is 0. The van der Waals surface area contributed by atoms with Crippen molar-refractivity contribution in [2.24, 2.45) is 5.92 Å². The second-order valence-corrected chi connectivity index (χ2v) is 3.60. The van der Waals surface area contributed by atoms with E-state index in [0.717, 1.165) is 0 Å². The van der Waals surface area contributed by atoms with E-state index >= 15 is 0 Å². The fourth-order valence-electron chi connectivity index (χ4n) is 0.751. The molecule has 62 valence electrons. The summed E-state index contributed by atoms with van der Waals surface area (Å²) in [5, 5.41) is 12.7. The first kappa shape index (κ1) is 9.92. The molecular weight excluding hydrogens is 126 g/mol. The minimum atomic E-state index is -0.728. The molecule has 2 nitrogen and oxygen atoms in total. The fourth-order valence-corrected chi connectivity index (χ4v) is 0.751. The van der Waals surface area contributed by atoms with Gasteiger partial charge in [-0.3, -0.25) is 5.32 Å². The SMILES string of the molecule is CC(C)NC(C)(O)C(C)C. The van der Waals surface area contributed by atoms with Crippen molar-refractivity contribution in [1.29, 1.82) is 0 Å². The lowest BCUT2D eigenvalue weighted by Gasteiger charge is -2.31. The van der Waals surface area contributed by atoms with E-state index in [9.17, 15) is 5.11 Å². The van der Waals surface area contributed by atoms with E-state index in [1.165, 1.54) is 0 Å². The maximum absolute atomic E-state index is 9.65. The monoisotopic (exact) mass is 145 g/mol. The summed E-state index contributed by atoms with van der Waals surface area (Å²) in [4.78, 5) is 0. The van der Waals surface area contributed by atoms with E-state index in [1.54, 1.807) is 6.92 Å². The highest BCUT2D eigenvalue weighted by Gasteiger charge is 2.24. The number of aliphatic hydroxyl groups is 1. The topological polar surface area (TPSA) is 32.3 Å². The van der Waals surface area contributed by atoms with Crippen molar-refractivity contribution in [3.63, 3.8) is 0 Å². The molecule has 2 N–H and O–H groups in total. The van der Waals surface area contributed by atoms with Gasteiger partial charge in [0.1, 0.15) is 5.72 Å². The molecule has 0 aliphatic carbocycles. The van der Waals surface area contributed by atoms with Crippen LogP contribution in [-0.2, 0) is 0 Å². The van der Waals surface area contributed by atoms with E-state index in [-0.39, 0.29) is 5.92 Å². The Morgan fingerprint density at radius 2 is 1.60 bits per heavy atom. The van der Waals surface area contributed by atoms with Gasteiger partial charge in [0.2, 0.25) is 0 Å². The summed E-state index contributed by atoms with van der Waals surface area (Å²) in [5.74, 6) is 0.245. The van der Waals surface area contributed by atoms with E-state index in [4.69, 9.17) is 0 Å². The molecular formula is C8H19NO. The van der Waals surface area contributed by atoms with E-state index in [1.807, 2.05) is 27.7 Å². The van der Waals surface area contributed by atoms with Crippen molar-refractivity contribution < 1.29 is 5.11 Å². The molecule has 10 heavy (non-hydrogen) atoms. The number of hydrogen-bond acceptors (Lipinski definition) is 2. The van der Waals surface area contributed by atoms with Crippen LogP contribution in [0.5, 0.6) is 0 Å². The highest BCUT2D eigenvalue weighted by Crippen LogP contribution is 2.12. The predicted octanol–water partition coefficient (Wildman–Crippen LogP) is 1.35. The summed E-state index contributed by atoms with van der Waals surface area (Å²) in [6.07, 6.45) is 0. The highest BCUT2D eigenvalue weighted by molar-refractivity contribution is 4.74. The Morgan fingerprint density at radius 3 is 1.70 bits per heavy atom. The quantitative estimate of drug-likeness (QED) is 0.587. The first-order valence-corrected chi connectivity index (χ1v) is 3.86. The molecule has 0 amide bonds. The zero-order chi connectivity index (χ0) is 8.36. The molecule has 0 heterocycles. The first-order valence-electron chi connectivity index (χ1n) is 3.86. The van der Waals surface area contributed by atoms with Crippen molar-refractivity contribution in [3.8, 4) is 0 Å². The second-order valence-electron chi connectivity index (χ2n) is 3.60. The van der Waals surface area contributed by atoms with Crippen LogP contribution in [0.3, 0.4) is 0 Å². The molecule has 0 saturated carbocycles. The van der Waals surface area contributed by atoms with Crippen LogP contribution in [0.1, 0.15) is 34.6 Å². The van der Waals surface area contributed by atoms with Crippen LogP contribution in [0.15, 0.2) is 0 Å². The Morgan fingerprint density at radius 1 is 1.20 bits per heavy atom. The molecule has 0 spiro atoms. The lowest BCUT2D eigenvalue weighted by Crippen LogP contribution is -2.49. The number of nitrogens with one attached hydrogen (secondary N) is 1. The third-order valence-electron chi connectivity index (χ3n) is 1.71.